The first-order valence-electron chi connectivity index (χ1n) is 7.48. The van der Waals surface area contributed by atoms with Crippen molar-refractivity contribution in [3.05, 3.63) is 35.3 Å². The number of rotatable bonds is 2. The summed E-state index contributed by atoms with van der Waals surface area (Å²) in [7, 11) is 1.70. The Bertz CT molecular complexity index is 652. The van der Waals surface area contributed by atoms with E-state index in [2.05, 4.69) is 43.7 Å². The molecule has 3 rings (SSSR count). The highest BCUT2D eigenvalue weighted by atomic mass is 16.5. The van der Waals surface area contributed by atoms with Crippen molar-refractivity contribution in [2.75, 3.05) is 7.11 Å². The third-order valence-corrected chi connectivity index (χ3v) is 4.33. The summed E-state index contributed by atoms with van der Waals surface area (Å²) in [5.74, 6) is 2.47. The summed E-state index contributed by atoms with van der Waals surface area (Å²) in [6.07, 6.45) is 3.16. The van der Waals surface area contributed by atoms with E-state index in [4.69, 9.17) is 15.5 Å². The second-order valence-electron chi connectivity index (χ2n) is 6.17. The Balaban J connectivity index is 2.08. The van der Waals surface area contributed by atoms with Crippen molar-refractivity contribution in [2.24, 2.45) is 5.73 Å². The third kappa shape index (κ3) is 2.44. The molecule has 2 aromatic rings. The van der Waals surface area contributed by atoms with Gasteiger partial charge >= 0.3 is 0 Å². The molecule has 2 N–H and O–H groups in total. The highest BCUT2D eigenvalue weighted by molar-refractivity contribution is 5.68. The Morgan fingerprint density at radius 1 is 1.29 bits per heavy atom. The number of aryl methyl sites for hydroxylation is 2. The van der Waals surface area contributed by atoms with Crippen LogP contribution in [0.1, 0.15) is 36.2 Å². The molecule has 0 radical (unpaired) electrons. The molecular formula is C17H23N3O. The van der Waals surface area contributed by atoms with Crippen LogP contribution in [0.5, 0.6) is 5.75 Å². The lowest BCUT2D eigenvalue weighted by atomic mass is 9.98. The number of nitrogens with zero attached hydrogens (tertiary/aromatic N) is 2. The summed E-state index contributed by atoms with van der Waals surface area (Å²) < 4.78 is 7.56. The predicted octanol–water partition coefficient (Wildman–Crippen LogP) is 3.01. The standard InChI is InChI=1S/C17H23N3O/c1-10-6-14(21-4)7-11(2)16(10)15-9-20-8-13(18)5-12(3)17(20)19-15/h6-7,9,12-13H,5,8,18H2,1-4H3. The first-order valence-corrected chi connectivity index (χ1v) is 7.48. The van der Waals surface area contributed by atoms with Gasteiger partial charge in [0.05, 0.1) is 12.8 Å². The van der Waals surface area contributed by atoms with Crippen LogP contribution in [0.15, 0.2) is 18.3 Å². The van der Waals surface area contributed by atoms with E-state index in [1.165, 1.54) is 16.7 Å². The van der Waals surface area contributed by atoms with Crippen LogP contribution in [-0.2, 0) is 6.54 Å². The van der Waals surface area contributed by atoms with E-state index in [-0.39, 0.29) is 6.04 Å². The number of ether oxygens (including phenoxy) is 1. The molecule has 4 heteroatoms. The SMILES string of the molecule is COc1cc(C)c(-c2cn3c(n2)C(C)CC(N)C3)c(C)c1. The number of hydrogen-bond acceptors (Lipinski definition) is 3. The van der Waals surface area contributed by atoms with E-state index in [9.17, 15) is 0 Å². The molecule has 0 saturated heterocycles. The van der Waals surface area contributed by atoms with Crippen LogP contribution in [-0.4, -0.2) is 22.7 Å². The molecule has 2 unspecified atom stereocenters. The maximum Gasteiger partial charge on any atom is 0.119 e. The van der Waals surface area contributed by atoms with Crippen LogP contribution in [0, 0.1) is 13.8 Å². The number of benzene rings is 1. The van der Waals surface area contributed by atoms with E-state index in [0.717, 1.165) is 30.2 Å². The molecule has 4 nitrogen and oxygen atoms in total. The van der Waals surface area contributed by atoms with Crippen LogP contribution in [0.25, 0.3) is 11.3 Å². The molecule has 21 heavy (non-hydrogen) atoms. The van der Waals surface area contributed by atoms with Crippen LogP contribution in [0.4, 0.5) is 0 Å². The maximum atomic E-state index is 6.12. The van der Waals surface area contributed by atoms with Crippen LogP contribution < -0.4 is 10.5 Å². The smallest absolute Gasteiger partial charge is 0.119 e. The van der Waals surface area contributed by atoms with Crippen LogP contribution in [0.3, 0.4) is 0 Å². The van der Waals surface area contributed by atoms with Gasteiger partial charge in [-0.25, -0.2) is 4.98 Å². The molecule has 0 amide bonds. The molecule has 2 atom stereocenters. The van der Waals surface area contributed by atoms with Crippen molar-refractivity contribution in [2.45, 2.75) is 45.7 Å². The third-order valence-electron chi connectivity index (χ3n) is 4.33. The Hall–Kier alpha value is -1.81. The van der Waals surface area contributed by atoms with Gasteiger partial charge < -0.3 is 15.0 Å². The van der Waals surface area contributed by atoms with E-state index < -0.39 is 0 Å². The monoisotopic (exact) mass is 285 g/mol. The summed E-state index contributed by atoms with van der Waals surface area (Å²) >= 11 is 0. The Morgan fingerprint density at radius 2 is 1.95 bits per heavy atom. The Labute approximate surface area is 125 Å². The predicted molar refractivity (Wildman–Crippen MR) is 84.7 cm³/mol. The average Bonchev–Trinajstić information content (AvgIpc) is 2.81. The quantitative estimate of drug-likeness (QED) is 0.923. The van der Waals surface area contributed by atoms with Gasteiger partial charge in [-0.3, -0.25) is 0 Å². The van der Waals surface area contributed by atoms with Crippen LogP contribution in [0.2, 0.25) is 0 Å². The second kappa shape index (κ2) is 5.19. The Kier molecular flexibility index (Phi) is 3.49. The minimum atomic E-state index is 0.229. The highest BCUT2D eigenvalue weighted by Crippen LogP contribution is 2.33. The molecule has 0 fully saturated rings. The molecular weight excluding hydrogens is 262 g/mol. The van der Waals surface area contributed by atoms with Gasteiger partial charge in [0, 0.05) is 30.3 Å². The first-order chi connectivity index (χ1) is 9.99. The topological polar surface area (TPSA) is 53.1 Å². The molecule has 2 heterocycles. The van der Waals surface area contributed by atoms with Gasteiger partial charge in [0.2, 0.25) is 0 Å². The van der Waals surface area contributed by atoms with Gasteiger partial charge in [-0.2, -0.15) is 0 Å². The largest absolute Gasteiger partial charge is 0.497 e. The fraction of sp³-hybridized carbons (Fsp3) is 0.471. The second-order valence-corrected chi connectivity index (χ2v) is 6.17. The minimum absolute atomic E-state index is 0.229. The highest BCUT2D eigenvalue weighted by Gasteiger charge is 2.25. The summed E-state index contributed by atoms with van der Waals surface area (Å²) in [5, 5.41) is 0. The number of fused-ring (bicyclic) bond motifs is 1. The summed E-state index contributed by atoms with van der Waals surface area (Å²) in [5.41, 5.74) is 10.8. The minimum Gasteiger partial charge on any atom is -0.497 e. The molecule has 112 valence electrons. The molecule has 0 bridgehead atoms. The van der Waals surface area contributed by atoms with Crippen molar-refractivity contribution in [1.82, 2.24) is 9.55 Å². The lowest BCUT2D eigenvalue weighted by molar-refractivity contribution is 0.407. The zero-order valence-electron chi connectivity index (χ0n) is 13.2. The number of methoxy groups -OCH3 is 1. The van der Waals surface area contributed by atoms with E-state index in [1.807, 2.05) is 0 Å². The molecule has 1 aliphatic heterocycles. The number of hydrogen-bond donors (Lipinski definition) is 1. The summed E-state index contributed by atoms with van der Waals surface area (Å²) in [6.45, 7) is 7.28. The van der Waals surface area contributed by atoms with Gasteiger partial charge in [0.15, 0.2) is 0 Å². The van der Waals surface area contributed by atoms with Crippen molar-refractivity contribution >= 4 is 0 Å². The fourth-order valence-corrected chi connectivity index (χ4v) is 3.42. The van der Waals surface area contributed by atoms with Gasteiger partial charge in [0.25, 0.3) is 0 Å². The maximum absolute atomic E-state index is 6.12. The zero-order valence-corrected chi connectivity index (χ0v) is 13.2. The van der Waals surface area contributed by atoms with E-state index >= 15 is 0 Å². The van der Waals surface area contributed by atoms with Crippen molar-refractivity contribution in [1.29, 1.82) is 0 Å². The lowest BCUT2D eigenvalue weighted by Gasteiger charge is -2.25. The number of aromatic nitrogens is 2. The molecule has 0 saturated carbocycles. The first kappa shape index (κ1) is 14.1. The fourth-order valence-electron chi connectivity index (χ4n) is 3.42. The van der Waals surface area contributed by atoms with Gasteiger partial charge in [-0.1, -0.05) is 6.92 Å². The van der Waals surface area contributed by atoms with Crippen molar-refractivity contribution in [3.63, 3.8) is 0 Å². The molecule has 1 aromatic heterocycles. The van der Waals surface area contributed by atoms with Crippen LogP contribution >= 0.6 is 0 Å². The number of imidazole rings is 1. The molecule has 0 spiro atoms. The summed E-state index contributed by atoms with van der Waals surface area (Å²) in [4.78, 5) is 4.88. The van der Waals surface area contributed by atoms with Gasteiger partial charge in [0.1, 0.15) is 11.6 Å². The molecule has 0 aliphatic carbocycles. The van der Waals surface area contributed by atoms with Crippen molar-refractivity contribution in [3.8, 4) is 17.0 Å². The summed E-state index contributed by atoms with van der Waals surface area (Å²) in [6, 6.07) is 4.36. The molecule has 1 aromatic carbocycles. The number of nitrogens with two attached hydrogens (primary N) is 1. The Morgan fingerprint density at radius 3 is 2.57 bits per heavy atom. The van der Waals surface area contributed by atoms with Gasteiger partial charge in [-0.05, 0) is 43.5 Å². The normalized spacial score (nSPS) is 21.2. The lowest BCUT2D eigenvalue weighted by Crippen LogP contribution is -2.33. The average molecular weight is 285 g/mol. The molecule has 1 aliphatic rings. The van der Waals surface area contributed by atoms with Crippen molar-refractivity contribution < 1.29 is 4.74 Å². The zero-order chi connectivity index (χ0) is 15.1. The van der Waals surface area contributed by atoms with E-state index in [0.29, 0.717) is 5.92 Å². The van der Waals surface area contributed by atoms with Gasteiger partial charge in [-0.15, -0.1) is 0 Å². The van der Waals surface area contributed by atoms with E-state index in [1.54, 1.807) is 7.11 Å².